The first kappa shape index (κ1) is 21.0. The summed E-state index contributed by atoms with van der Waals surface area (Å²) in [6, 6.07) is 0. The van der Waals surface area contributed by atoms with Crippen molar-refractivity contribution in [2.24, 2.45) is 0 Å². The van der Waals surface area contributed by atoms with Crippen LogP contribution in [0.1, 0.15) is 12.8 Å². The highest BCUT2D eigenvalue weighted by Gasteiger charge is 2.76. The van der Waals surface area contributed by atoms with E-state index in [0.717, 1.165) is 6.08 Å². The average Bonchev–Trinajstić information content (AvgIpc) is 2.30. The maximum Gasteiger partial charge on any atom is 0.527 e. The topological polar surface area (TPSA) is 18.5 Å². The van der Waals surface area contributed by atoms with E-state index >= 15 is 0 Å². The van der Waals surface area contributed by atoms with Crippen molar-refractivity contribution in [3.05, 3.63) is 12.2 Å². The molecular formula is C10H10F10O2. The predicted molar refractivity (Wildman–Crippen MR) is 52.3 cm³/mol. The van der Waals surface area contributed by atoms with Crippen LogP contribution >= 0.6 is 0 Å². The Morgan fingerprint density at radius 3 is 1.77 bits per heavy atom. The third-order valence-corrected chi connectivity index (χ3v) is 2.01. The lowest BCUT2D eigenvalue weighted by atomic mass is 10.3. The van der Waals surface area contributed by atoms with Crippen molar-refractivity contribution in [1.82, 2.24) is 0 Å². The van der Waals surface area contributed by atoms with E-state index in [2.05, 4.69) is 4.74 Å². The Kier molecular flexibility index (Phi) is 7.13. The van der Waals surface area contributed by atoms with Gasteiger partial charge in [-0.15, -0.1) is 13.2 Å². The van der Waals surface area contributed by atoms with Crippen LogP contribution in [0.2, 0.25) is 0 Å². The molecule has 0 N–H and O–H groups in total. The van der Waals surface area contributed by atoms with Gasteiger partial charge in [-0.3, -0.25) is 4.39 Å². The fourth-order valence-electron chi connectivity index (χ4n) is 1.00. The van der Waals surface area contributed by atoms with E-state index in [1.54, 1.807) is 4.74 Å². The molecule has 12 heteroatoms. The Hall–Kier alpha value is -1.04. The van der Waals surface area contributed by atoms with Crippen LogP contribution in [0.4, 0.5) is 43.9 Å². The summed E-state index contributed by atoms with van der Waals surface area (Å²) in [6.07, 6.45) is -17.0. The van der Waals surface area contributed by atoms with Crippen molar-refractivity contribution < 1.29 is 53.4 Å². The first-order valence-electron chi connectivity index (χ1n) is 5.52. The molecule has 0 saturated carbocycles. The van der Waals surface area contributed by atoms with Gasteiger partial charge in [0.15, 0.2) is 0 Å². The van der Waals surface area contributed by atoms with Gasteiger partial charge in [0.05, 0.1) is 13.3 Å². The average molecular weight is 352 g/mol. The molecule has 132 valence electrons. The van der Waals surface area contributed by atoms with E-state index < -0.39 is 37.8 Å². The summed E-state index contributed by atoms with van der Waals surface area (Å²) in [6.45, 7) is -2.04. The molecule has 22 heavy (non-hydrogen) atoms. The highest BCUT2D eigenvalue weighted by atomic mass is 19.4. The van der Waals surface area contributed by atoms with Crippen molar-refractivity contribution in [2.75, 3.05) is 13.3 Å². The van der Waals surface area contributed by atoms with Crippen molar-refractivity contribution >= 4 is 0 Å². The largest absolute Gasteiger partial charge is 0.527 e. The molecule has 0 aromatic heterocycles. The number of halogens is 10. The van der Waals surface area contributed by atoms with Crippen LogP contribution in [0.3, 0.4) is 0 Å². The van der Waals surface area contributed by atoms with Gasteiger partial charge in [-0.05, 0) is 12.8 Å². The number of hydrogen-bond acceptors (Lipinski definition) is 2. The van der Waals surface area contributed by atoms with E-state index in [-0.39, 0.29) is 12.8 Å². The number of allylic oxidation sites excluding steroid dienone is 1. The Balaban J connectivity index is 4.81. The van der Waals surface area contributed by atoms with E-state index in [4.69, 9.17) is 0 Å². The maximum absolute atomic E-state index is 12.9. The summed E-state index contributed by atoms with van der Waals surface area (Å²) < 4.78 is 128. The molecule has 0 heterocycles. The lowest BCUT2D eigenvalue weighted by Crippen LogP contribution is -2.58. The minimum absolute atomic E-state index is 0.000542. The second kappa shape index (κ2) is 7.49. The van der Waals surface area contributed by atoms with Gasteiger partial charge in [-0.2, -0.15) is 26.3 Å². The zero-order valence-electron chi connectivity index (χ0n) is 10.6. The van der Waals surface area contributed by atoms with Crippen molar-refractivity contribution in [3.63, 3.8) is 0 Å². The number of rotatable bonds is 9. The first-order chi connectivity index (χ1) is 9.77. The molecule has 0 fully saturated rings. The highest BCUT2D eigenvalue weighted by molar-refractivity contribution is 4.88. The Morgan fingerprint density at radius 2 is 1.32 bits per heavy atom. The van der Waals surface area contributed by atoms with Crippen LogP contribution in [0, 0.1) is 0 Å². The molecule has 0 rings (SSSR count). The molecule has 0 amide bonds. The number of alkyl halides is 10. The molecule has 2 nitrogen and oxygen atoms in total. The number of hydrogen-bond donors (Lipinski definition) is 0. The van der Waals surface area contributed by atoms with Gasteiger partial charge in [-0.25, -0.2) is 4.74 Å². The summed E-state index contributed by atoms with van der Waals surface area (Å²) in [7, 11) is 0. The molecule has 0 aliphatic rings. The second-order valence-electron chi connectivity index (χ2n) is 3.77. The number of unbranched alkanes of at least 4 members (excludes halogenated alkanes) is 1. The monoisotopic (exact) mass is 352 g/mol. The van der Waals surface area contributed by atoms with Crippen molar-refractivity contribution in [1.29, 1.82) is 0 Å². The first-order valence-corrected chi connectivity index (χ1v) is 5.52. The van der Waals surface area contributed by atoms with Gasteiger partial charge in [0.2, 0.25) is 0 Å². The zero-order chi connectivity index (χ0) is 17.7. The van der Waals surface area contributed by atoms with Gasteiger partial charge in [0.1, 0.15) is 0 Å². The summed E-state index contributed by atoms with van der Waals surface area (Å²) >= 11 is 0. The maximum atomic E-state index is 12.9. The SMILES string of the molecule is FCCC/C=C/COC(F)(F)C(F)(F)C(F)(F)OC(F)(F)F. The Labute approximate surface area is 117 Å². The molecule has 0 aromatic rings. The van der Waals surface area contributed by atoms with Crippen LogP contribution in [0.15, 0.2) is 12.2 Å². The van der Waals surface area contributed by atoms with Gasteiger partial charge < -0.3 is 4.74 Å². The molecule has 0 unspecified atom stereocenters. The summed E-state index contributed by atoms with van der Waals surface area (Å²) in [5.41, 5.74) is 0. The highest BCUT2D eigenvalue weighted by Crippen LogP contribution is 2.48. The molecule has 0 saturated heterocycles. The third kappa shape index (κ3) is 5.99. The zero-order valence-corrected chi connectivity index (χ0v) is 10.6. The van der Waals surface area contributed by atoms with Crippen LogP contribution in [0.25, 0.3) is 0 Å². The third-order valence-electron chi connectivity index (χ3n) is 2.01. The van der Waals surface area contributed by atoms with Crippen molar-refractivity contribution in [2.45, 2.75) is 37.3 Å². The second-order valence-corrected chi connectivity index (χ2v) is 3.77. The predicted octanol–water partition coefficient (Wildman–Crippen LogP) is 4.67. The fourth-order valence-corrected chi connectivity index (χ4v) is 1.00. The van der Waals surface area contributed by atoms with Gasteiger partial charge in [-0.1, -0.05) is 12.2 Å². The van der Waals surface area contributed by atoms with E-state index in [1.807, 2.05) is 0 Å². The molecule has 0 atom stereocenters. The van der Waals surface area contributed by atoms with Crippen molar-refractivity contribution in [3.8, 4) is 0 Å². The Morgan fingerprint density at radius 1 is 0.773 bits per heavy atom. The quantitative estimate of drug-likeness (QED) is 0.341. The smallest absolute Gasteiger partial charge is 0.311 e. The lowest BCUT2D eigenvalue weighted by Gasteiger charge is -2.31. The van der Waals surface area contributed by atoms with Gasteiger partial charge in [0.25, 0.3) is 0 Å². The Bertz CT molecular complexity index is 363. The van der Waals surface area contributed by atoms with Crippen LogP contribution in [-0.4, -0.2) is 37.8 Å². The normalized spacial score (nSPS) is 14.8. The molecule has 0 aliphatic carbocycles. The van der Waals surface area contributed by atoms with Crippen LogP contribution in [-0.2, 0) is 9.47 Å². The summed E-state index contributed by atoms with van der Waals surface area (Å²) in [5, 5.41) is 0. The minimum atomic E-state index is -6.58. The van der Waals surface area contributed by atoms with E-state index in [1.165, 1.54) is 0 Å². The van der Waals surface area contributed by atoms with Gasteiger partial charge >= 0.3 is 24.5 Å². The van der Waals surface area contributed by atoms with Gasteiger partial charge in [0, 0.05) is 0 Å². The molecule has 0 aliphatic heterocycles. The minimum Gasteiger partial charge on any atom is -0.311 e. The fraction of sp³-hybridized carbons (Fsp3) is 0.800. The molecule has 0 radical (unpaired) electrons. The van der Waals surface area contributed by atoms with Crippen LogP contribution < -0.4 is 0 Å². The molecule has 0 bridgehead atoms. The van der Waals surface area contributed by atoms with E-state index in [0.29, 0.717) is 6.08 Å². The molecular weight excluding hydrogens is 342 g/mol. The molecule has 0 aromatic carbocycles. The number of ether oxygens (including phenoxy) is 2. The lowest BCUT2D eigenvalue weighted by molar-refractivity contribution is -0.506. The standard InChI is InChI=1S/C10H10F10O2/c11-5-3-1-2-4-6-21-8(14,15)7(12,13)9(16,17)22-10(18,19)20/h2,4H,1,3,5-6H2/b4-2+. The van der Waals surface area contributed by atoms with Crippen LogP contribution in [0.5, 0.6) is 0 Å². The summed E-state index contributed by atoms with van der Waals surface area (Å²) in [4.78, 5) is 0. The molecule has 0 spiro atoms. The summed E-state index contributed by atoms with van der Waals surface area (Å²) in [5.74, 6) is -6.58. The van der Waals surface area contributed by atoms with E-state index in [9.17, 15) is 43.9 Å².